The molecule has 1 rings (SSSR count). The molecule has 0 saturated carbocycles. The van der Waals surface area contributed by atoms with Crippen LogP contribution >= 0.6 is 24.4 Å². The Kier molecular flexibility index (Phi) is 6.67. The van der Waals surface area contributed by atoms with Crippen molar-refractivity contribution in [1.29, 1.82) is 0 Å². The van der Waals surface area contributed by atoms with E-state index in [1.165, 1.54) is 0 Å². The van der Waals surface area contributed by atoms with Gasteiger partial charge in [0.25, 0.3) is 5.91 Å². The Morgan fingerprint density at radius 1 is 1.44 bits per heavy atom. The van der Waals surface area contributed by atoms with E-state index in [9.17, 15) is 4.79 Å². The molecular formula is C12H16N2O2S2. The molecule has 0 atom stereocenters. The summed E-state index contributed by atoms with van der Waals surface area (Å²) in [6.45, 7) is 0.451. The highest BCUT2D eigenvalue weighted by atomic mass is 32.2. The van der Waals surface area contributed by atoms with Crippen molar-refractivity contribution in [2.45, 2.75) is 11.3 Å². The van der Waals surface area contributed by atoms with E-state index in [4.69, 9.17) is 5.21 Å². The molecule has 0 spiro atoms. The van der Waals surface area contributed by atoms with Gasteiger partial charge in [0, 0.05) is 23.6 Å². The molecule has 1 amide bonds. The number of thioether (sulfide) groups is 1. The SMILES string of the molecule is CSc1ccc(C/C(=N\O)C(=O)NCCS)cc1. The molecule has 0 bridgehead atoms. The van der Waals surface area contributed by atoms with Crippen molar-refractivity contribution < 1.29 is 10.0 Å². The Morgan fingerprint density at radius 3 is 2.61 bits per heavy atom. The molecule has 0 radical (unpaired) electrons. The summed E-state index contributed by atoms with van der Waals surface area (Å²) in [4.78, 5) is 12.8. The Hall–Kier alpha value is -1.14. The van der Waals surface area contributed by atoms with Crippen LogP contribution in [0.4, 0.5) is 0 Å². The Bertz CT molecular complexity index is 419. The van der Waals surface area contributed by atoms with Crippen molar-refractivity contribution in [2.75, 3.05) is 18.6 Å². The third-order valence-electron chi connectivity index (χ3n) is 2.31. The maximum absolute atomic E-state index is 11.6. The summed E-state index contributed by atoms with van der Waals surface area (Å²) in [6, 6.07) is 7.78. The van der Waals surface area contributed by atoms with Gasteiger partial charge in [-0.3, -0.25) is 4.79 Å². The molecule has 0 aliphatic rings. The van der Waals surface area contributed by atoms with Crippen molar-refractivity contribution in [2.24, 2.45) is 5.16 Å². The molecule has 0 heterocycles. The van der Waals surface area contributed by atoms with Gasteiger partial charge in [-0.1, -0.05) is 17.3 Å². The molecule has 0 fully saturated rings. The lowest BCUT2D eigenvalue weighted by atomic mass is 10.1. The number of carbonyl (C=O) groups excluding carboxylic acids is 1. The van der Waals surface area contributed by atoms with Crippen molar-refractivity contribution in [3.8, 4) is 0 Å². The van der Waals surface area contributed by atoms with E-state index in [0.29, 0.717) is 18.7 Å². The number of nitrogens with one attached hydrogen (secondary N) is 1. The zero-order chi connectivity index (χ0) is 13.4. The zero-order valence-electron chi connectivity index (χ0n) is 10.1. The molecule has 18 heavy (non-hydrogen) atoms. The van der Waals surface area contributed by atoms with Crippen LogP contribution in [-0.2, 0) is 11.2 Å². The van der Waals surface area contributed by atoms with Gasteiger partial charge in [-0.2, -0.15) is 12.6 Å². The normalized spacial score (nSPS) is 11.3. The summed E-state index contributed by atoms with van der Waals surface area (Å²) in [6.07, 6.45) is 2.31. The summed E-state index contributed by atoms with van der Waals surface area (Å²) in [5.41, 5.74) is 1.04. The lowest BCUT2D eigenvalue weighted by Crippen LogP contribution is -2.33. The highest BCUT2D eigenvalue weighted by Crippen LogP contribution is 2.15. The number of thiol groups is 1. The minimum absolute atomic E-state index is 0.105. The van der Waals surface area contributed by atoms with E-state index in [1.807, 2.05) is 30.5 Å². The van der Waals surface area contributed by atoms with E-state index in [-0.39, 0.29) is 11.6 Å². The third-order valence-corrected chi connectivity index (χ3v) is 3.28. The average Bonchev–Trinajstić information content (AvgIpc) is 2.42. The number of carbonyl (C=O) groups is 1. The highest BCUT2D eigenvalue weighted by Gasteiger charge is 2.12. The Morgan fingerprint density at radius 2 is 2.11 bits per heavy atom. The predicted octanol–water partition coefficient (Wildman–Crippen LogP) is 1.83. The largest absolute Gasteiger partial charge is 0.410 e. The molecule has 0 aliphatic heterocycles. The molecule has 4 nitrogen and oxygen atoms in total. The van der Waals surface area contributed by atoms with Gasteiger partial charge in [0.2, 0.25) is 0 Å². The minimum Gasteiger partial charge on any atom is -0.410 e. The molecule has 1 aromatic rings. The fourth-order valence-electron chi connectivity index (χ4n) is 1.37. The van der Waals surface area contributed by atoms with E-state index < -0.39 is 0 Å². The Balaban J connectivity index is 2.65. The number of nitrogens with zero attached hydrogens (tertiary/aromatic N) is 1. The summed E-state index contributed by atoms with van der Waals surface area (Å²) in [5, 5.41) is 14.5. The first-order chi connectivity index (χ1) is 8.71. The topological polar surface area (TPSA) is 61.7 Å². The van der Waals surface area contributed by atoms with Gasteiger partial charge in [0.1, 0.15) is 5.71 Å². The lowest BCUT2D eigenvalue weighted by Gasteiger charge is -2.06. The fraction of sp³-hybridized carbons (Fsp3) is 0.333. The molecular weight excluding hydrogens is 268 g/mol. The van der Waals surface area contributed by atoms with E-state index >= 15 is 0 Å². The molecule has 6 heteroatoms. The molecule has 2 N–H and O–H groups in total. The summed E-state index contributed by atoms with van der Waals surface area (Å²) in [5.74, 6) is 0.188. The minimum atomic E-state index is -0.361. The second-order valence-corrected chi connectivity index (χ2v) is 4.88. The maximum atomic E-state index is 11.6. The van der Waals surface area contributed by atoms with Crippen LogP contribution in [0.5, 0.6) is 0 Å². The Labute approximate surface area is 116 Å². The van der Waals surface area contributed by atoms with Gasteiger partial charge < -0.3 is 10.5 Å². The van der Waals surface area contributed by atoms with E-state index in [2.05, 4.69) is 23.1 Å². The fourth-order valence-corrected chi connectivity index (χ4v) is 1.89. The van der Waals surface area contributed by atoms with Crippen LogP contribution in [0.1, 0.15) is 5.56 Å². The van der Waals surface area contributed by atoms with Crippen molar-refractivity contribution in [3.63, 3.8) is 0 Å². The number of benzene rings is 1. The first-order valence-corrected chi connectivity index (χ1v) is 7.30. The third kappa shape index (κ3) is 4.62. The van der Waals surface area contributed by atoms with Crippen LogP contribution in [0.15, 0.2) is 34.3 Å². The van der Waals surface area contributed by atoms with Gasteiger partial charge in [0.15, 0.2) is 0 Å². The van der Waals surface area contributed by atoms with Crippen molar-refractivity contribution in [1.82, 2.24) is 5.32 Å². The quantitative estimate of drug-likeness (QED) is 0.245. The standard InChI is InChI=1S/C12H16N2O2S2/c1-18-10-4-2-9(3-5-10)8-11(14-16)12(15)13-6-7-17/h2-5,16-17H,6-8H2,1H3,(H,13,15)/b14-11+. The first-order valence-electron chi connectivity index (χ1n) is 5.44. The molecule has 0 unspecified atom stereocenters. The molecule has 0 aliphatic carbocycles. The van der Waals surface area contributed by atoms with Crippen LogP contribution in [0.25, 0.3) is 0 Å². The smallest absolute Gasteiger partial charge is 0.269 e. The van der Waals surface area contributed by atoms with Gasteiger partial charge in [0.05, 0.1) is 0 Å². The van der Waals surface area contributed by atoms with Crippen LogP contribution in [0, 0.1) is 0 Å². The zero-order valence-corrected chi connectivity index (χ0v) is 11.8. The summed E-state index contributed by atoms with van der Waals surface area (Å²) >= 11 is 5.65. The number of amides is 1. The first kappa shape index (κ1) is 14.9. The monoisotopic (exact) mass is 284 g/mol. The second-order valence-electron chi connectivity index (χ2n) is 3.55. The number of hydrogen-bond acceptors (Lipinski definition) is 5. The van der Waals surface area contributed by atoms with Gasteiger partial charge in [-0.25, -0.2) is 0 Å². The molecule has 0 saturated heterocycles. The lowest BCUT2D eigenvalue weighted by molar-refractivity contribution is -0.114. The van der Waals surface area contributed by atoms with E-state index in [1.54, 1.807) is 11.8 Å². The summed E-state index contributed by atoms with van der Waals surface area (Å²) in [7, 11) is 0. The van der Waals surface area contributed by atoms with Gasteiger partial charge in [-0.05, 0) is 24.0 Å². The van der Waals surface area contributed by atoms with Crippen molar-refractivity contribution >= 4 is 36.0 Å². The average molecular weight is 284 g/mol. The summed E-state index contributed by atoms with van der Waals surface area (Å²) < 4.78 is 0. The van der Waals surface area contributed by atoms with Crippen molar-refractivity contribution in [3.05, 3.63) is 29.8 Å². The van der Waals surface area contributed by atoms with Crippen LogP contribution < -0.4 is 5.32 Å². The van der Waals surface area contributed by atoms with Gasteiger partial charge >= 0.3 is 0 Å². The molecule has 98 valence electrons. The highest BCUT2D eigenvalue weighted by molar-refractivity contribution is 7.98. The number of oxime groups is 1. The molecule has 0 aromatic heterocycles. The number of hydrogen-bond donors (Lipinski definition) is 3. The van der Waals surface area contributed by atoms with Crippen LogP contribution in [0.3, 0.4) is 0 Å². The van der Waals surface area contributed by atoms with Crippen LogP contribution in [-0.4, -0.2) is 35.4 Å². The maximum Gasteiger partial charge on any atom is 0.269 e. The van der Waals surface area contributed by atoms with E-state index in [0.717, 1.165) is 10.5 Å². The van der Waals surface area contributed by atoms with Gasteiger partial charge in [-0.15, -0.1) is 11.8 Å². The van der Waals surface area contributed by atoms with Crippen LogP contribution in [0.2, 0.25) is 0 Å². The predicted molar refractivity (Wildman–Crippen MR) is 78.0 cm³/mol. The molecule has 1 aromatic carbocycles. The second kappa shape index (κ2) is 8.05. The number of rotatable bonds is 6.